The predicted octanol–water partition coefficient (Wildman–Crippen LogP) is 3.05. The van der Waals surface area contributed by atoms with E-state index in [-0.39, 0.29) is 0 Å². The van der Waals surface area contributed by atoms with Crippen molar-refractivity contribution in [1.29, 1.82) is 5.26 Å². The maximum absolute atomic E-state index is 8.64. The minimum Gasteiger partial charge on any atom is -0.398 e. The van der Waals surface area contributed by atoms with E-state index in [1.54, 1.807) is 0 Å². The average Bonchev–Trinajstić information content (AvgIpc) is 2.27. The summed E-state index contributed by atoms with van der Waals surface area (Å²) in [6, 6.07) is 8.06. The third-order valence-electron chi connectivity index (χ3n) is 2.76. The van der Waals surface area contributed by atoms with E-state index in [0.717, 1.165) is 12.1 Å². The van der Waals surface area contributed by atoms with Crippen LogP contribution in [0.25, 0.3) is 0 Å². The van der Waals surface area contributed by atoms with Gasteiger partial charge in [-0.3, -0.25) is 4.90 Å². The Morgan fingerprint density at radius 2 is 2.18 bits per heavy atom. The van der Waals surface area contributed by atoms with Crippen LogP contribution in [-0.4, -0.2) is 17.5 Å². The van der Waals surface area contributed by atoms with Crippen LogP contribution in [0.1, 0.15) is 25.8 Å². The Morgan fingerprint density at radius 3 is 2.71 bits per heavy atom. The van der Waals surface area contributed by atoms with Gasteiger partial charge in [-0.1, -0.05) is 17.7 Å². The summed E-state index contributed by atoms with van der Waals surface area (Å²) < 4.78 is 0. The minimum absolute atomic E-state index is 0.360. The van der Waals surface area contributed by atoms with Gasteiger partial charge in [-0.05, 0) is 26.0 Å². The molecule has 0 atom stereocenters. The third kappa shape index (κ3) is 3.92. The number of halogens is 1. The molecule has 0 unspecified atom stereocenters. The van der Waals surface area contributed by atoms with Gasteiger partial charge < -0.3 is 5.73 Å². The number of nitriles is 1. The standard InChI is InChI=1S/C13H18ClN3/c1-10(2)17(8-4-7-15)9-11-12(14)5-3-6-13(11)16/h3,5-6,10H,4,8-9,16H2,1-2H3. The van der Waals surface area contributed by atoms with Crippen LogP contribution in [0.2, 0.25) is 5.02 Å². The van der Waals surface area contributed by atoms with Crippen LogP contribution < -0.4 is 5.73 Å². The van der Waals surface area contributed by atoms with Crippen molar-refractivity contribution < 1.29 is 0 Å². The molecule has 3 nitrogen and oxygen atoms in total. The number of hydrogen-bond donors (Lipinski definition) is 1. The summed E-state index contributed by atoms with van der Waals surface area (Å²) in [6.07, 6.45) is 0.516. The third-order valence-corrected chi connectivity index (χ3v) is 3.11. The number of nitrogens with zero attached hydrogens (tertiary/aromatic N) is 2. The van der Waals surface area contributed by atoms with Gasteiger partial charge in [0.15, 0.2) is 0 Å². The van der Waals surface area contributed by atoms with Gasteiger partial charge in [0.05, 0.1) is 6.07 Å². The Bertz CT molecular complexity index is 389. The summed E-state index contributed by atoms with van der Waals surface area (Å²) in [6.45, 7) is 5.62. The van der Waals surface area contributed by atoms with E-state index < -0.39 is 0 Å². The highest BCUT2D eigenvalue weighted by molar-refractivity contribution is 6.31. The number of nitrogens with two attached hydrogens (primary N) is 1. The van der Waals surface area contributed by atoms with E-state index in [1.165, 1.54) is 0 Å². The lowest BCUT2D eigenvalue weighted by Crippen LogP contribution is -2.31. The molecular formula is C13H18ClN3. The van der Waals surface area contributed by atoms with Crippen molar-refractivity contribution in [2.75, 3.05) is 12.3 Å². The molecule has 4 heteroatoms. The Hall–Kier alpha value is -1.24. The lowest BCUT2D eigenvalue weighted by molar-refractivity contribution is 0.218. The second-order valence-electron chi connectivity index (χ2n) is 4.28. The second kappa shape index (κ2) is 6.48. The van der Waals surface area contributed by atoms with Crippen molar-refractivity contribution in [3.05, 3.63) is 28.8 Å². The van der Waals surface area contributed by atoms with Gasteiger partial charge in [-0.15, -0.1) is 0 Å². The number of anilines is 1. The zero-order valence-corrected chi connectivity index (χ0v) is 11.0. The SMILES string of the molecule is CC(C)N(CCC#N)Cc1c(N)cccc1Cl. The van der Waals surface area contributed by atoms with Crippen LogP contribution in [0.5, 0.6) is 0 Å². The van der Waals surface area contributed by atoms with Crippen LogP contribution in [-0.2, 0) is 6.54 Å². The van der Waals surface area contributed by atoms with Crippen molar-refractivity contribution >= 4 is 17.3 Å². The Kier molecular flexibility index (Phi) is 5.27. The molecular weight excluding hydrogens is 234 g/mol. The summed E-state index contributed by atoms with van der Waals surface area (Å²) in [7, 11) is 0. The van der Waals surface area contributed by atoms with E-state index in [2.05, 4.69) is 24.8 Å². The zero-order chi connectivity index (χ0) is 12.8. The average molecular weight is 252 g/mol. The van der Waals surface area contributed by atoms with Crippen molar-refractivity contribution in [2.45, 2.75) is 32.9 Å². The lowest BCUT2D eigenvalue weighted by atomic mass is 10.1. The fourth-order valence-electron chi connectivity index (χ4n) is 1.66. The molecule has 0 saturated heterocycles. The van der Waals surface area contributed by atoms with Gasteiger partial charge in [-0.25, -0.2) is 0 Å². The van der Waals surface area contributed by atoms with E-state index >= 15 is 0 Å². The van der Waals surface area contributed by atoms with E-state index in [1.807, 2.05) is 18.2 Å². The predicted molar refractivity (Wildman–Crippen MR) is 71.6 cm³/mol. The quantitative estimate of drug-likeness (QED) is 0.819. The number of benzene rings is 1. The van der Waals surface area contributed by atoms with Crippen molar-refractivity contribution in [2.24, 2.45) is 0 Å². The molecule has 0 spiro atoms. The monoisotopic (exact) mass is 251 g/mol. The molecule has 0 saturated carbocycles. The summed E-state index contributed by atoms with van der Waals surface area (Å²) >= 11 is 6.14. The number of nitrogen functional groups attached to an aromatic ring is 1. The highest BCUT2D eigenvalue weighted by Gasteiger charge is 2.13. The first-order chi connectivity index (χ1) is 8.06. The lowest BCUT2D eigenvalue weighted by Gasteiger charge is -2.26. The Labute approximate surface area is 108 Å². The highest BCUT2D eigenvalue weighted by atomic mass is 35.5. The molecule has 1 rings (SSSR count). The minimum atomic E-state index is 0.360. The Balaban J connectivity index is 2.83. The van der Waals surface area contributed by atoms with Crippen LogP contribution >= 0.6 is 11.6 Å². The molecule has 0 bridgehead atoms. The topological polar surface area (TPSA) is 53.0 Å². The number of rotatable bonds is 5. The summed E-state index contributed by atoms with van der Waals surface area (Å²) in [5, 5.41) is 9.33. The molecule has 0 fully saturated rings. The normalized spacial score (nSPS) is 10.8. The summed E-state index contributed by atoms with van der Waals surface area (Å²) in [4.78, 5) is 2.20. The highest BCUT2D eigenvalue weighted by Crippen LogP contribution is 2.24. The molecule has 0 heterocycles. The van der Waals surface area contributed by atoms with E-state index in [0.29, 0.717) is 29.7 Å². The fourth-order valence-corrected chi connectivity index (χ4v) is 1.90. The molecule has 0 radical (unpaired) electrons. The molecule has 1 aromatic rings. The largest absolute Gasteiger partial charge is 0.398 e. The maximum Gasteiger partial charge on any atom is 0.0635 e. The van der Waals surface area contributed by atoms with Gasteiger partial charge >= 0.3 is 0 Å². The van der Waals surface area contributed by atoms with Crippen LogP contribution in [0.3, 0.4) is 0 Å². The molecule has 92 valence electrons. The van der Waals surface area contributed by atoms with Crippen LogP contribution in [0.15, 0.2) is 18.2 Å². The molecule has 0 aliphatic carbocycles. The molecule has 2 N–H and O–H groups in total. The Morgan fingerprint density at radius 1 is 1.47 bits per heavy atom. The molecule has 0 aromatic heterocycles. The molecule has 1 aromatic carbocycles. The zero-order valence-electron chi connectivity index (χ0n) is 10.3. The van der Waals surface area contributed by atoms with Crippen molar-refractivity contribution in [1.82, 2.24) is 4.90 Å². The first-order valence-corrected chi connectivity index (χ1v) is 6.08. The smallest absolute Gasteiger partial charge is 0.0635 e. The molecule has 17 heavy (non-hydrogen) atoms. The van der Waals surface area contributed by atoms with Crippen molar-refractivity contribution in [3.63, 3.8) is 0 Å². The van der Waals surface area contributed by atoms with Crippen LogP contribution in [0.4, 0.5) is 5.69 Å². The van der Waals surface area contributed by atoms with E-state index in [9.17, 15) is 0 Å². The molecule has 0 amide bonds. The number of hydrogen-bond acceptors (Lipinski definition) is 3. The van der Waals surface area contributed by atoms with Crippen LogP contribution in [0, 0.1) is 11.3 Å². The van der Waals surface area contributed by atoms with Gasteiger partial charge in [0.25, 0.3) is 0 Å². The summed E-state index contributed by atoms with van der Waals surface area (Å²) in [5.41, 5.74) is 7.58. The fraction of sp³-hybridized carbons (Fsp3) is 0.462. The van der Waals surface area contributed by atoms with Gasteiger partial charge in [-0.2, -0.15) is 5.26 Å². The van der Waals surface area contributed by atoms with Gasteiger partial charge in [0, 0.05) is 41.8 Å². The maximum atomic E-state index is 8.64. The van der Waals surface area contributed by atoms with Gasteiger partial charge in [0.2, 0.25) is 0 Å². The first-order valence-electron chi connectivity index (χ1n) is 5.70. The van der Waals surface area contributed by atoms with E-state index in [4.69, 9.17) is 22.6 Å². The second-order valence-corrected chi connectivity index (χ2v) is 4.69. The van der Waals surface area contributed by atoms with Crippen molar-refractivity contribution in [3.8, 4) is 6.07 Å². The van der Waals surface area contributed by atoms with Gasteiger partial charge in [0.1, 0.15) is 0 Å². The molecule has 0 aliphatic rings. The molecule has 0 aliphatic heterocycles. The first kappa shape index (κ1) is 13.8. The summed E-state index contributed by atoms with van der Waals surface area (Å²) in [5.74, 6) is 0.